The van der Waals surface area contributed by atoms with Crippen molar-refractivity contribution in [3.8, 4) is 17.2 Å². The van der Waals surface area contributed by atoms with E-state index in [1.165, 1.54) is 33.9 Å². The number of nitrogens with one attached hydrogen (secondary N) is 2. The lowest BCUT2D eigenvalue weighted by Gasteiger charge is -2.44. The van der Waals surface area contributed by atoms with E-state index < -0.39 is 55.1 Å². The summed E-state index contributed by atoms with van der Waals surface area (Å²) in [5.74, 6) is -0.943. The Labute approximate surface area is 400 Å². The van der Waals surface area contributed by atoms with Crippen LogP contribution < -0.4 is 19.1 Å². The first kappa shape index (κ1) is 48.3. The van der Waals surface area contributed by atoms with Crippen molar-refractivity contribution in [1.82, 2.24) is 24.5 Å². The SMILES string of the molecule is CC1(C)CCC(CN2CCN(c3ccc(C(=O)NS(=O)(=O)c4ccc(OCC5C(C(C)(C)C)OCCN5C(=O)O)c([N+](=O)[O-])c4)c(Oc4cnc5[nH]ccc5c4)c3)CC2)=C(c2ccc(Cl)cc2)C1. The van der Waals surface area contributed by atoms with E-state index in [9.17, 15) is 33.2 Å². The molecule has 4 heterocycles. The largest absolute Gasteiger partial charge is 0.485 e. The molecule has 0 saturated carbocycles. The minimum atomic E-state index is -4.72. The third-order valence-electron chi connectivity index (χ3n) is 12.9. The summed E-state index contributed by atoms with van der Waals surface area (Å²) in [6.45, 7) is 14.0. The lowest BCUT2D eigenvalue weighted by atomic mass is 9.72. The van der Waals surface area contributed by atoms with Gasteiger partial charge in [-0.2, -0.15) is 0 Å². The molecular formula is C49H56ClN7O10S. The van der Waals surface area contributed by atoms with Crippen molar-refractivity contribution in [2.24, 2.45) is 10.8 Å². The van der Waals surface area contributed by atoms with E-state index in [-0.39, 0.29) is 42.2 Å². The Bertz CT molecular complexity index is 2850. The molecule has 2 fully saturated rings. The van der Waals surface area contributed by atoms with Crippen LogP contribution in [0.2, 0.25) is 5.02 Å². The van der Waals surface area contributed by atoms with Gasteiger partial charge in [0.15, 0.2) is 5.75 Å². The summed E-state index contributed by atoms with van der Waals surface area (Å²) < 4.78 is 47.8. The Balaban J connectivity index is 1.01. The average Bonchev–Trinajstić information content (AvgIpc) is 3.77. The molecule has 19 heteroatoms. The number of ether oxygens (including phenoxy) is 3. The van der Waals surface area contributed by atoms with Gasteiger partial charge in [-0.1, -0.05) is 63.9 Å². The number of halogens is 1. The number of allylic oxidation sites excluding steroid dienone is 1. The maximum Gasteiger partial charge on any atom is 0.407 e. The number of fused-ring (bicyclic) bond motifs is 1. The molecule has 2 unspecified atom stereocenters. The van der Waals surface area contributed by atoms with Crippen molar-refractivity contribution in [2.75, 3.05) is 57.4 Å². The number of anilines is 1. The molecule has 2 saturated heterocycles. The van der Waals surface area contributed by atoms with Crippen LogP contribution in [-0.4, -0.2) is 115 Å². The number of morpholine rings is 1. The van der Waals surface area contributed by atoms with Crippen LogP contribution in [0.15, 0.2) is 95.7 Å². The number of benzene rings is 3. The number of nitro benzene ring substituents is 1. The molecule has 0 radical (unpaired) electrons. The van der Waals surface area contributed by atoms with Gasteiger partial charge in [0.1, 0.15) is 23.8 Å². The second kappa shape index (κ2) is 19.4. The first-order valence-corrected chi connectivity index (χ1v) is 24.4. The lowest BCUT2D eigenvalue weighted by Crippen LogP contribution is -2.59. The smallest absolute Gasteiger partial charge is 0.407 e. The fourth-order valence-corrected chi connectivity index (χ4v) is 10.4. The highest BCUT2D eigenvalue weighted by Crippen LogP contribution is 2.44. The molecule has 17 nitrogen and oxygen atoms in total. The first-order chi connectivity index (χ1) is 32.2. The van der Waals surface area contributed by atoms with Gasteiger partial charge in [-0.3, -0.25) is 24.7 Å². The van der Waals surface area contributed by atoms with Gasteiger partial charge in [-0.15, -0.1) is 0 Å². The fraction of sp³-hybridized carbons (Fsp3) is 0.408. The highest BCUT2D eigenvalue weighted by molar-refractivity contribution is 7.90. The third-order valence-corrected chi connectivity index (χ3v) is 14.5. The molecule has 0 spiro atoms. The molecular weight excluding hydrogens is 914 g/mol. The van der Waals surface area contributed by atoms with E-state index in [4.69, 9.17) is 25.8 Å². The van der Waals surface area contributed by atoms with Gasteiger partial charge in [0.05, 0.1) is 40.3 Å². The Morgan fingerprint density at radius 3 is 2.47 bits per heavy atom. The van der Waals surface area contributed by atoms with Gasteiger partial charge in [-0.05, 0) is 89.8 Å². The van der Waals surface area contributed by atoms with Gasteiger partial charge in [0.2, 0.25) is 0 Å². The number of piperazine rings is 1. The topological polar surface area (TPSA) is 210 Å². The van der Waals surface area contributed by atoms with Crippen molar-refractivity contribution in [3.63, 3.8) is 0 Å². The van der Waals surface area contributed by atoms with Crippen molar-refractivity contribution in [2.45, 2.75) is 70.9 Å². The number of nitro groups is 1. The molecule has 1 aliphatic carbocycles. The number of hydrogen-bond acceptors (Lipinski definition) is 12. The standard InChI is InChI=1S/C49H56ClN7O10S/c1-48(2,3)44-41(56(47(59)60)22-23-65-44)30-66-42-13-11-37(26-40(42)57(61)62)68(63,64)53-46(58)38-12-10-35(25-43(38)67-36-24-32-15-17-51-45(32)52-28-36)55-20-18-54(19-21-55)29-33-14-16-49(4,5)27-39(33)31-6-8-34(50)9-7-31/h6-13,15,17,24-26,28,41,44H,14,16,18-23,27,29-30H2,1-5H3,(H,51,52)(H,53,58)(H,59,60). The van der Waals surface area contributed by atoms with E-state index in [1.807, 2.05) is 39.0 Å². The number of sulfonamides is 1. The van der Waals surface area contributed by atoms with Crippen molar-refractivity contribution in [1.29, 1.82) is 0 Å². The lowest BCUT2D eigenvalue weighted by molar-refractivity contribution is -0.386. The second-order valence-corrected chi connectivity index (χ2v) is 21.5. The third kappa shape index (κ3) is 10.9. The summed E-state index contributed by atoms with van der Waals surface area (Å²) >= 11 is 6.24. The van der Waals surface area contributed by atoms with Gasteiger partial charge in [-0.25, -0.2) is 22.9 Å². The van der Waals surface area contributed by atoms with Crippen LogP contribution >= 0.6 is 11.6 Å². The van der Waals surface area contributed by atoms with Crippen LogP contribution in [-0.2, 0) is 14.8 Å². The van der Waals surface area contributed by atoms with Gasteiger partial charge < -0.3 is 29.2 Å². The molecule has 0 bridgehead atoms. The summed E-state index contributed by atoms with van der Waals surface area (Å²) in [7, 11) is -4.72. The van der Waals surface area contributed by atoms with Crippen LogP contribution in [0.3, 0.4) is 0 Å². The zero-order valence-electron chi connectivity index (χ0n) is 38.7. The van der Waals surface area contributed by atoms with Crippen LogP contribution in [0.4, 0.5) is 16.2 Å². The zero-order chi connectivity index (χ0) is 48.5. The van der Waals surface area contributed by atoms with Crippen LogP contribution in [0.5, 0.6) is 17.2 Å². The Kier molecular flexibility index (Phi) is 13.8. The number of carboxylic acid groups (broad SMARTS) is 1. The number of rotatable bonds is 13. The normalized spacial score (nSPS) is 19.2. The van der Waals surface area contributed by atoms with Crippen LogP contribution in [0.1, 0.15) is 69.8 Å². The molecule has 3 aliphatic rings. The number of carbonyl (C=O) groups is 2. The second-order valence-electron chi connectivity index (χ2n) is 19.4. The number of pyridine rings is 1. The molecule has 2 amide bonds. The first-order valence-electron chi connectivity index (χ1n) is 22.5. The van der Waals surface area contributed by atoms with E-state index in [0.717, 1.165) is 68.2 Å². The van der Waals surface area contributed by atoms with E-state index in [1.54, 1.807) is 24.4 Å². The number of amides is 2. The van der Waals surface area contributed by atoms with Crippen molar-refractivity contribution < 1.29 is 42.2 Å². The number of aromatic amines is 1. The van der Waals surface area contributed by atoms with Crippen molar-refractivity contribution in [3.05, 3.63) is 117 Å². The highest BCUT2D eigenvalue weighted by atomic mass is 35.5. The molecule has 2 aromatic heterocycles. The van der Waals surface area contributed by atoms with Crippen LogP contribution in [0.25, 0.3) is 16.6 Å². The molecule has 2 atom stereocenters. The maximum absolute atomic E-state index is 14.0. The van der Waals surface area contributed by atoms with Crippen LogP contribution in [0, 0.1) is 20.9 Å². The monoisotopic (exact) mass is 969 g/mol. The van der Waals surface area contributed by atoms with Crippen molar-refractivity contribution >= 4 is 61.6 Å². The molecule has 68 heavy (non-hydrogen) atoms. The quantitative estimate of drug-likeness (QED) is 0.0744. The predicted molar refractivity (Wildman–Crippen MR) is 258 cm³/mol. The number of H-pyrrole nitrogens is 1. The number of carbonyl (C=O) groups excluding carboxylic acids is 1. The van der Waals surface area contributed by atoms with E-state index >= 15 is 0 Å². The summed E-state index contributed by atoms with van der Waals surface area (Å²) in [5, 5.41) is 23.7. The van der Waals surface area contributed by atoms with Gasteiger partial charge in [0.25, 0.3) is 15.9 Å². The number of nitrogens with zero attached hydrogens (tertiary/aromatic N) is 5. The summed E-state index contributed by atoms with van der Waals surface area (Å²) in [5.41, 5.74) is 4.33. The summed E-state index contributed by atoms with van der Waals surface area (Å²) in [6.07, 6.45) is 4.57. The molecule has 2 aliphatic heterocycles. The van der Waals surface area contributed by atoms with Gasteiger partial charge in [0, 0.05) is 73.7 Å². The fourth-order valence-electron chi connectivity index (χ4n) is 9.28. The Morgan fingerprint density at radius 1 is 1.01 bits per heavy atom. The minimum absolute atomic E-state index is 0.0716. The Hall–Kier alpha value is -6.21. The van der Waals surface area contributed by atoms with E-state index in [2.05, 4.69) is 50.5 Å². The molecule has 5 aromatic rings. The summed E-state index contributed by atoms with van der Waals surface area (Å²) in [4.78, 5) is 50.4. The zero-order valence-corrected chi connectivity index (χ0v) is 40.2. The van der Waals surface area contributed by atoms with Gasteiger partial charge >= 0.3 is 11.8 Å². The Morgan fingerprint density at radius 2 is 1.76 bits per heavy atom. The highest BCUT2D eigenvalue weighted by Gasteiger charge is 2.42. The molecule has 3 aromatic carbocycles. The predicted octanol–water partition coefficient (Wildman–Crippen LogP) is 8.99. The molecule has 3 N–H and O–H groups in total. The molecule has 360 valence electrons. The minimum Gasteiger partial charge on any atom is -0.485 e. The van der Waals surface area contributed by atoms with E-state index in [0.29, 0.717) is 29.5 Å². The number of hydrogen-bond donors (Lipinski definition) is 3. The summed E-state index contributed by atoms with van der Waals surface area (Å²) in [6, 6.07) is 18.8. The molecule has 8 rings (SSSR count). The maximum atomic E-state index is 14.0. The average molecular weight is 971 g/mol. The number of aromatic nitrogens is 2.